The van der Waals surface area contributed by atoms with Crippen molar-refractivity contribution >= 4 is 10.0 Å². The fourth-order valence-electron chi connectivity index (χ4n) is 1.58. The Kier molecular flexibility index (Phi) is 5.28. The lowest BCUT2D eigenvalue weighted by atomic mass is 10.1. The van der Waals surface area contributed by atoms with E-state index in [0.717, 1.165) is 5.56 Å². The van der Waals surface area contributed by atoms with Crippen LogP contribution in [0, 0.1) is 0 Å². The number of nitrogens with two attached hydrogens (primary N) is 1. The molecule has 0 aromatic heterocycles. The highest BCUT2D eigenvalue weighted by Crippen LogP contribution is 2.15. The molecule has 0 aliphatic heterocycles. The van der Waals surface area contributed by atoms with Crippen LogP contribution in [0.5, 0.6) is 0 Å². The lowest BCUT2D eigenvalue weighted by Gasteiger charge is -2.23. The van der Waals surface area contributed by atoms with Gasteiger partial charge in [-0.1, -0.05) is 24.3 Å². The summed E-state index contributed by atoms with van der Waals surface area (Å²) >= 11 is 0. The molecule has 0 fully saturated rings. The first-order chi connectivity index (χ1) is 8.42. The third-order valence-electron chi connectivity index (χ3n) is 3.00. The van der Waals surface area contributed by atoms with Gasteiger partial charge in [0.1, 0.15) is 0 Å². The molecule has 0 spiro atoms. The first kappa shape index (κ1) is 15.1. The number of likely N-dealkylation sites (N-methyl/N-ethyl adjacent to an activating group) is 1. The SMILES string of the molecule is CC(CO)N(C)S(=O)(=O)Cc1ccccc1CN. The Morgan fingerprint density at radius 1 is 1.33 bits per heavy atom. The van der Waals surface area contributed by atoms with E-state index < -0.39 is 16.1 Å². The van der Waals surface area contributed by atoms with Crippen LogP contribution in [0.4, 0.5) is 0 Å². The summed E-state index contributed by atoms with van der Waals surface area (Å²) in [5.41, 5.74) is 7.11. The van der Waals surface area contributed by atoms with Gasteiger partial charge in [0.2, 0.25) is 10.0 Å². The van der Waals surface area contributed by atoms with Gasteiger partial charge in [-0.15, -0.1) is 0 Å². The normalized spacial score (nSPS) is 13.8. The third kappa shape index (κ3) is 3.52. The Morgan fingerprint density at radius 2 is 1.89 bits per heavy atom. The van der Waals surface area contributed by atoms with Crippen LogP contribution in [0.15, 0.2) is 24.3 Å². The molecule has 0 aliphatic rings. The summed E-state index contributed by atoms with van der Waals surface area (Å²) in [6.07, 6.45) is 0. The van der Waals surface area contributed by atoms with Crippen molar-refractivity contribution in [2.75, 3.05) is 13.7 Å². The molecule has 6 heteroatoms. The molecule has 0 amide bonds. The van der Waals surface area contributed by atoms with Crippen LogP contribution >= 0.6 is 0 Å². The molecule has 1 unspecified atom stereocenters. The maximum Gasteiger partial charge on any atom is 0.218 e. The first-order valence-electron chi connectivity index (χ1n) is 5.75. The van der Waals surface area contributed by atoms with Gasteiger partial charge in [-0.2, -0.15) is 4.31 Å². The van der Waals surface area contributed by atoms with Gasteiger partial charge in [-0.25, -0.2) is 8.42 Å². The third-order valence-corrected chi connectivity index (χ3v) is 4.91. The molecule has 102 valence electrons. The monoisotopic (exact) mass is 272 g/mol. The highest BCUT2D eigenvalue weighted by Gasteiger charge is 2.23. The first-order valence-corrected chi connectivity index (χ1v) is 7.36. The summed E-state index contributed by atoms with van der Waals surface area (Å²) < 4.78 is 25.5. The summed E-state index contributed by atoms with van der Waals surface area (Å²) in [5, 5.41) is 9.01. The molecular formula is C12H20N2O3S. The molecule has 0 heterocycles. The number of rotatable bonds is 6. The standard InChI is InChI=1S/C12H20N2O3S/c1-10(8-15)14(2)18(16,17)9-12-6-4-3-5-11(12)7-13/h3-6,10,15H,7-9,13H2,1-2H3. The maximum absolute atomic E-state index is 12.1. The van der Waals surface area contributed by atoms with Crippen molar-refractivity contribution in [3.63, 3.8) is 0 Å². The van der Waals surface area contributed by atoms with Crippen molar-refractivity contribution in [1.29, 1.82) is 0 Å². The van der Waals surface area contributed by atoms with Crippen molar-refractivity contribution in [3.05, 3.63) is 35.4 Å². The minimum Gasteiger partial charge on any atom is -0.395 e. The van der Waals surface area contributed by atoms with E-state index in [1.807, 2.05) is 12.1 Å². The van der Waals surface area contributed by atoms with E-state index in [1.165, 1.54) is 11.4 Å². The Balaban J connectivity index is 2.95. The van der Waals surface area contributed by atoms with Gasteiger partial charge >= 0.3 is 0 Å². The van der Waals surface area contributed by atoms with Crippen LogP contribution in [0.1, 0.15) is 18.1 Å². The van der Waals surface area contributed by atoms with E-state index in [4.69, 9.17) is 10.8 Å². The Labute approximate surface area is 108 Å². The van der Waals surface area contributed by atoms with Crippen molar-refractivity contribution < 1.29 is 13.5 Å². The molecule has 1 aromatic rings. The lowest BCUT2D eigenvalue weighted by molar-refractivity contribution is 0.213. The minimum atomic E-state index is -3.44. The zero-order chi connectivity index (χ0) is 13.8. The predicted molar refractivity (Wildman–Crippen MR) is 71.3 cm³/mol. The van der Waals surface area contributed by atoms with Gasteiger partial charge in [-0.3, -0.25) is 0 Å². The van der Waals surface area contributed by atoms with Gasteiger partial charge < -0.3 is 10.8 Å². The molecular weight excluding hydrogens is 252 g/mol. The molecule has 0 bridgehead atoms. The maximum atomic E-state index is 12.1. The topological polar surface area (TPSA) is 83.6 Å². The molecule has 0 saturated heterocycles. The second-order valence-electron chi connectivity index (χ2n) is 4.28. The van der Waals surface area contributed by atoms with E-state index in [1.54, 1.807) is 19.1 Å². The molecule has 3 N–H and O–H groups in total. The van der Waals surface area contributed by atoms with Crippen LogP contribution in [-0.2, 0) is 22.3 Å². The fourth-order valence-corrected chi connectivity index (χ4v) is 3.08. The average molecular weight is 272 g/mol. The molecule has 0 saturated carbocycles. The molecule has 0 aliphatic carbocycles. The number of nitrogens with zero attached hydrogens (tertiary/aromatic N) is 1. The predicted octanol–water partition coefficient (Wildman–Crippen LogP) is 0.288. The lowest BCUT2D eigenvalue weighted by Crippen LogP contribution is -2.38. The van der Waals surface area contributed by atoms with E-state index in [9.17, 15) is 8.42 Å². The van der Waals surface area contributed by atoms with Gasteiger partial charge in [0, 0.05) is 19.6 Å². The van der Waals surface area contributed by atoms with E-state index in [0.29, 0.717) is 12.1 Å². The van der Waals surface area contributed by atoms with E-state index in [2.05, 4.69) is 0 Å². The molecule has 1 atom stereocenters. The zero-order valence-electron chi connectivity index (χ0n) is 10.7. The zero-order valence-corrected chi connectivity index (χ0v) is 11.5. The molecule has 1 rings (SSSR count). The summed E-state index contributed by atoms with van der Waals surface area (Å²) in [6, 6.07) is 6.77. The van der Waals surface area contributed by atoms with Gasteiger partial charge in [0.25, 0.3) is 0 Å². The van der Waals surface area contributed by atoms with Crippen molar-refractivity contribution in [2.24, 2.45) is 5.73 Å². The van der Waals surface area contributed by atoms with Crippen LogP contribution in [0.3, 0.4) is 0 Å². The molecule has 18 heavy (non-hydrogen) atoms. The fraction of sp³-hybridized carbons (Fsp3) is 0.500. The van der Waals surface area contributed by atoms with E-state index in [-0.39, 0.29) is 12.4 Å². The summed E-state index contributed by atoms with van der Waals surface area (Å²) in [5.74, 6) is -0.0960. The molecule has 1 aromatic carbocycles. The highest BCUT2D eigenvalue weighted by molar-refractivity contribution is 7.88. The second-order valence-corrected chi connectivity index (χ2v) is 6.31. The number of aliphatic hydroxyl groups is 1. The van der Waals surface area contributed by atoms with Crippen molar-refractivity contribution in [2.45, 2.75) is 25.3 Å². The van der Waals surface area contributed by atoms with Crippen LogP contribution in [0.25, 0.3) is 0 Å². The smallest absolute Gasteiger partial charge is 0.218 e. The summed E-state index contributed by atoms with van der Waals surface area (Å²) in [7, 11) is -1.97. The Bertz CT molecular complexity index is 488. The summed E-state index contributed by atoms with van der Waals surface area (Å²) in [6.45, 7) is 1.77. The second kappa shape index (κ2) is 6.29. The Morgan fingerprint density at radius 3 is 2.39 bits per heavy atom. The average Bonchev–Trinajstić information content (AvgIpc) is 2.37. The summed E-state index contributed by atoms with van der Waals surface area (Å²) in [4.78, 5) is 0. The quantitative estimate of drug-likeness (QED) is 0.779. The Hall–Kier alpha value is -0.950. The van der Waals surface area contributed by atoms with Crippen LogP contribution in [-0.4, -0.2) is 37.5 Å². The van der Waals surface area contributed by atoms with Crippen molar-refractivity contribution in [3.8, 4) is 0 Å². The largest absolute Gasteiger partial charge is 0.395 e. The van der Waals surface area contributed by atoms with Crippen LogP contribution < -0.4 is 5.73 Å². The molecule has 0 radical (unpaired) electrons. The van der Waals surface area contributed by atoms with Crippen LogP contribution in [0.2, 0.25) is 0 Å². The minimum absolute atomic E-state index is 0.0960. The van der Waals surface area contributed by atoms with Gasteiger partial charge in [0.15, 0.2) is 0 Å². The number of aliphatic hydroxyl groups excluding tert-OH is 1. The number of hydrogen-bond donors (Lipinski definition) is 2. The highest BCUT2D eigenvalue weighted by atomic mass is 32.2. The van der Waals surface area contributed by atoms with Crippen molar-refractivity contribution in [1.82, 2.24) is 4.31 Å². The molecule has 5 nitrogen and oxygen atoms in total. The van der Waals surface area contributed by atoms with Gasteiger partial charge in [0.05, 0.1) is 12.4 Å². The number of hydrogen-bond acceptors (Lipinski definition) is 4. The van der Waals surface area contributed by atoms with E-state index >= 15 is 0 Å². The number of sulfonamides is 1. The number of benzene rings is 1. The van der Waals surface area contributed by atoms with Gasteiger partial charge in [-0.05, 0) is 18.1 Å².